The largest absolute Gasteiger partial charge is 0.354 e. The van der Waals surface area contributed by atoms with Gasteiger partial charge in [0.05, 0.1) is 0 Å². The van der Waals surface area contributed by atoms with Crippen LogP contribution in [0.3, 0.4) is 0 Å². The van der Waals surface area contributed by atoms with Gasteiger partial charge in [0, 0.05) is 18.2 Å². The summed E-state index contributed by atoms with van der Waals surface area (Å²) in [5.41, 5.74) is -0.280. The number of benzene rings is 1. The van der Waals surface area contributed by atoms with Gasteiger partial charge >= 0.3 is 0 Å². The van der Waals surface area contributed by atoms with Gasteiger partial charge in [-0.2, -0.15) is 0 Å². The van der Waals surface area contributed by atoms with Crippen LogP contribution in [-0.2, 0) is 9.59 Å². The topological polar surface area (TPSA) is 58.2 Å². The summed E-state index contributed by atoms with van der Waals surface area (Å²) in [6.45, 7) is 0.599. The van der Waals surface area contributed by atoms with Crippen molar-refractivity contribution in [1.29, 1.82) is 0 Å². The van der Waals surface area contributed by atoms with Gasteiger partial charge in [-0.3, -0.25) is 9.59 Å². The Bertz CT molecular complexity index is 553. The normalized spacial score (nSPS) is 19.1. The Balaban J connectivity index is 2.01. The second kappa shape index (κ2) is 6.97. The Hall–Kier alpha value is -2.24. The molecule has 0 unspecified atom stereocenters. The van der Waals surface area contributed by atoms with E-state index in [1.165, 1.54) is 6.07 Å². The van der Waals surface area contributed by atoms with E-state index in [1.807, 2.05) is 0 Å². The highest BCUT2D eigenvalue weighted by atomic mass is 19.1. The van der Waals surface area contributed by atoms with E-state index >= 15 is 0 Å². The first-order chi connectivity index (χ1) is 10.1. The van der Waals surface area contributed by atoms with Gasteiger partial charge in [-0.15, -0.1) is 0 Å². The van der Waals surface area contributed by atoms with Crippen LogP contribution in [0.5, 0.6) is 0 Å². The molecule has 0 radical (unpaired) electrons. The molecule has 1 aromatic rings. The van der Waals surface area contributed by atoms with Gasteiger partial charge in [0.15, 0.2) is 0 Å². The third-order valence-corrected chi connectivity index (χ3v) is 3.25. The molecule has 1 aliphatic heterocycles. The molecule has 0 aliphatic carbocycles. The average Bonchev–Trinajstić information content (AvgIpc) is 2.64. The van der Waals surface area contributed by atoms with Crippen LogP contribution in [0.1, 0.15) is 24.8 Å². The van der Waals surface area contributed by atoms with E-state index in [9.17, 15) is 18.4 Å². The molecule has 0 spiro atoms. The highest BCUT2D eigenvalue weighted by molar-refractivity contribution is 5.95. The van der Waals surface area contributed by atoms with Crippen LogP contribution in [0.4, 0.5) is 8.78 Å². The molecule has 21 heavy (non-hydrogen) atoms. The third-order valence-electron chi connectivity index (χ3n) is 3.25. The van der Waals surface area contributed by atoms with Crippen LogP contribution >= 0.6 is 0 Å². The number of amides is 2. The predicted molar refractivity (Wildman–Crippen MR) is 74.2 cm³/mol. The summed E-state index contributed by atoms with van der Waals surface area (Å²) in [5, 5.41) is 5.23. The number of hydrogen-bond donors (Lipinski definition) is 2. The summed E-state index contributed by atoms with van der Waals surface area (Å²) in [6, 6.07) is 2.87. The van der Waals surface area contributed by atoms with Crippen LogP contribution in [-0.4, -0.2) is 24.4 Å². The molecule has 4 nitrogen and oxygen atoms in total. The Labute approximate surface area is 121 Å². The molecule has 6 heteroatoms. The molecule has 1 fully saturated rings. The minimum Gasteiger partial charge on any atom is -0.354 e. The van der Waals surface area contributed by atoms with Gasteiger partial charge in [0.25, 0.3) is 0 Å². The molecule has 1 atom stereocenters. The lowest BCUT2D eigenvalue weighted by Crippen LogP contribution is -2.44. The lowest BCUT2D eigenvalue weighted by molar-refractivity contribution is -0.126. The predicted octanol–water partition coefficient (Wildman–Crippen LogP) is 1.76. The zero-order chi connectivity index (χ0) is 15.2. The first kappa shape index (κ1) is 15.2. The quantitative estimate of drug-likeness (QED) is 0.835. The first-order valence-corrected chi connectivity index (χ1v) is 6.78. The molecule has 0 bridgehead atoms. The molecule has 1 heterocycles. The second-order valence-electron chi connectivity index (χ2n) is 4.82. The summed E-state index contributed by atoms with van der Waals surface area (Å²) < 4.78 is 26.8. The lowest BCUT2D eigenvalue weighted by atomic mass is 10.1. The van der Waals surface area contributed by atoms with E-state index in [1.54, 1.807) is 0 Å². The van der Waals surface area contributed by atoms with Crippen molar-refractivity contribution in [1.82, 2.24) is 10.6 Å². The van der Waals surface area contributed by atoms with Crippen molar-refractivity contribution in [3.05, 3.63) is 41.5 Å². The average molecular weight is 294 g/mol. The van der Waals surface area contributed by atoms with E-state index < -0.39 is 23.6 Å². The number of hydrogen-bond acceptors (Lipinski definition) is 2. The van der Waals surface area contributed by atoms with E-state index in [-0.39, 0.29) is 11.5 Å². The standard InChI is InChI=1S/C15H16F2N2O2/c16-11-4-3-5-12(17)10(11)7-8-14(20)19-13-6-1-2-9-18-15(13)21/h3-5,7-8,13H,1-2,6,9H2,(H,18,21)(H,19,20)/b8-7+/t13-/m1/s1. The maximum atomic E-state index is 13.4. The van der Waals surface area contributed by atoms with Gasteiger partial charge in [-0.05, 0) is 37.5 Å². The minimum atomic E-state index is -0.744. The summed E-state index contributed by atoms with van der Waals surface area (Å²) in [6.07, 6.45) is 4.34. The van der Waals surface area contributed by atoms with Crippen molar-refractivity contribution in [2.24, 2.45) is 0 Å². The number of halogens is 2. The van der Waals surface area contributed by atoms with Crippen LogP contribution in [0.2, 0.25) is 0 Å². The van der Waals surface area contributed by atoms with Gasteiger partial charge in [-0.25, -0.2) is 8.78 Å². The highest BCUT2D eigenvalue weighted by Crippen LogP contribution is 2.13. The molecule has 0 saturated carbocycles. The lowest BCUT2D eigenvalue weighted by Gasteiger charge is -2.13. The number of carbonyl (C=O) groups excluding carboxylic acids is 2. The van der Waals surface area contributed by atoms with Crippen molar-refractivity contribution in [3.8, 4) is 0 Å². The van der Waals surface area contributed by atoms with Crippen molar-refractivity contribution < 1.29 is 18.4 Å². The maximum Gasteiger partial charge on any atom is 0.244 e. The van der Waals surface area contributed by atoms with Gasteiger partial charge < -0.3 is 10.6 Å². The summed E-state index contributed by atoms with van der Waals surface area (Å²) in [4.78, 5) is 23.4. The van der Waals surface area contributed by atoms with Crippen LogP contribution < -0.4 is 10.6 Å². The highest BCUT2D eigenvalue weighted by Gasteiger charge is 2.21. The van der Waals surface area contributed by atoms with Gasteiger partial charge in [-0.1, -0.05) is 6.07 Å². The molecular weight excluding hydrogens is 278 g/mol. The molecule has 2 N–H and O–H groups in total. The Kier molecular flexibility index (Phi) is 5.03. The number of carbonyl (C=O) groups is 2. The van der Waals surface area contributed by atoms with E-state index in [2.05, 4.69) is 10.6 Å². The molecule has 1 aromatic carbocycles. The molecule has 1 saturated heterocycles. The van der Waals surface area contributed by atoms with Crippen LogP contribution in [0, 0.1) is 11.6 Å². The van der Waals surface area contributed by atoms with E-state index in [0.717, 1.165) is 37.1 Å². The Morgan fingerprint density at radius 2 is 2.00 bits per heavy atom. The van der Waals surface area contributed by atoms with Crippen molar-refractivity contribution in [3.63, 3.8) is 0 Å². The van der Waals surface area contributed by atoms with Gasteiger partial charge in [0.2, 0.25) is 11.8 Å². The summed E-state index contributed by atoms with van der Waals surface area (Å²) in [7, 11) is 0. The Morgan fingerprint density at radius 1 is 1.29 bits per heavy atom. The third kappa shape index (κ3) is 4.11. The van der Waals surface area contributed by atoms with Crippen molar-refractivity contribution in [2.75, 3.05) is 6.54 Å². The zero-order valence-electron chi connectivity index (χ0n) is 11.4. The second-order valence-corrected chi connectivity index (χ2v) is 4.82. The molecule has 112 valence electrons. The number of nitrogens with one attached hydrogen (secondary N) is 2. The molecule has 2 amide bonds. The van der Waals surface area contributed by atoms with E-state index in [0.29, 0.717) is 13.0 Å². The van der Waals surface area contributed by atoms with E-state index in [4.69, 9.17) is 0 Å². The van der Waals surface area contributed by atoms with Crippen LogP contribution in [0.25, 0.3) is 6.08 Å². The summed E-state index contributed by atoms with van der Waals surface area (Å²) >= 11 is 0. The molecule has 1 aliphatic rings. The first-order valence-electron chi connectivity index (χ1n) is 6.78. The molecular formula is C15H16F2N2O2. The fraction of sp³-hybridized carbons (Fsp3) is 0.333. The van der Waals surface area contributed by atoms with Gasteiger partial charge in [0.1, 0.15) is 17.7 Å². The van der Waals surface area contributed by atoms with Crippen molar-refractivity contribution >= 4 is 17.9 Å². The van der Waals surface area contributed by atoms with Crippen LogP contribution in [0.15, 0.2) is 24.3 Å². The summed E-state index contributed by atoms with van der Waals surface area (Å²) in [5.74, 6) is -2.27. The monoisotopic (exact) mass is 294 g/mol. The molecule has 2 rings (SSSR count). The minimum absolute atomic E-state index is 0.230. The zero-order valence-corrected chi connectivity index (χ0v) is 11.4. The fourth-order valence-corrected chi connectivity index (χ4v) is 2.13. The smallest absolute Gasteiger partial charge is 0.244 e. The van der Waals surface area contributed by atoms with Crippen molar-refractivity contribution in [2.45, 2.75) is 25.3 Å². The Morgan fingerprint density at radius 3 is 2.71 bits per heavy atom. The number of rotatable bonds is 3. The SMILES string of the molecule is O=C(/C=C/c1c(F)cccc1F)N[C@@H]1CCCCNC1=O. The fourth-order valence-electron chi connectivity index (χ4n) is 2.13. The molecule has 0 aromatic heterocycles. The maximum absolute atomic E-state index is 13.4.